The van der Waals surface area contributed by atoms with Crippen LogP contribution in [0.4, 0.5) is 0 Å². The summed E-state index contributed by atoms with van der Waals surface area (Å²) < 4.78 is 0. The van der Waals surface area contributed by atoms with Gasteiger partial charge in [-0.1, -0.05) is 18.5 Å². The summed E-state index contributed by atoms with van der Waals surface area (Å²) in [6.07, 6.45) is -0.0820. The maximum absolute atomic E-state index is 9.69. The molecule has 0 fully saturated rings. The molecule has 0 saturated heterocycles. The van der Waals surface area contributed by atoms with Gasteiger partial charge in [0.1, 0.15) is 5.75 Å². The van der Waals surface area contributed by atoms with Crippen molar-refractivity contribution in [3.05, 3.63) is 27.8 Å². The van der Waals surface area contributed by atoms with Crippen molar-refractivity contribution < 1.29 is 10.2 Å². The molecule has 0 saturated carbocycles. The van der Waals surface area contributed by atoms with E-state index in [-0.39, 0.29) is 5.75 Å². The Morgan fingerprint density at radius 2 is 2.00 bits per heavy atom. The number of benzene rings is 1. The highest BCUT2D eigenvalue weighted by atomic mass is 35.5. The quantitative estimate of drug-likeness (QED) is 0.794. The van der Waals surface area contributed by atoms with Crippen LogP contribution in [0, 0.1) is 13.8 Å². The van der Waals surface area contributed by atoms with Crippen LogP contribution in [0.3, 0.4) is 0 Å². The number of hydrogen-bond acceptors (Lipinski definition) is 2. The molecule has 1 aromatic rings. The standard InChI is InChI=1S/C11H15ClO2/c1-4-8(13)10-7(3)11(12)6(2)5-9(10)14/h5,8,13-14H,4H2,1-3H3. The molecule has 0 aliphatic carbocycles. The molecule has 3 heteroatoms. The fourth-order valence-electron chi connectivity index (χ4n) is 1.58. The second kappa shape index (κ2) is 4.20. The van der Waals surface area contributed by atoms with Crippen LogP contribution in [-0.4, -0.2) is 10.2 Å². The number of halogens is 1. The lowest BCUT2D eigenvalue weighted by atomic mass is 9.98. The van der Waals surface area contributed by atoms with Gasteiger partial charge in [-0.05, 0) is 37.5 Å². The van der Waals surface area contributed by atoms with Crippen molar-refractivity contribution in [3.8, 4) is 5.75 Å². The smallest absolute Gasteiger partial charge is 0.122 e. The van der Waals surface area contributed by atoms with Crippen LogP contribution in [0.2, 0.25) is 5.02 Å². The Bertz CT molecular complexity index is 348. The summed E-state index contributed by atoms with van der Waals surface area (Å²) in [5, 5.41) is 20.0. The Morgan fingerprint density at radius 1 is 1.43 bits per heavy atom. The Hall–Kier alpha value is -0.730. The molecule has 0 aliphatic rings. The number of phenols is 1. The van der Waals surface area contributed by atoms with Crippen molar-refractivity contribution in [1.29, 1.82) is 0 Å². The van der Waals surface area contributed by atoms with Crippen LogP contribution in [0.1, 0.15) is 36.1 Å². The molecule has 14 heavy (non-hydrogen) atoms. The number of phenolic OH excluding ortho intramolecular Hbond substituents is 1. The Morgan fingerprint density at radius 3 is 2.50 bits per heavy atom. The Labute approximate surface area is 89.1 Å². The van der Waals surface area contributed by atoms with Crippen molar-refractivity contribution in [3.63, 3.8) is 0 Å². The largest absolute Gasteiger partial charge is 0.508 e. The highest BCUT2D eigenvalue weighted by Crippen LogP contribution is 2.35. The molecule has 0 bridgehead atoms. The van der Waals surface area contributed by atoms with E-state index in [0.717, 1.165) is 11.1 Å². The first kappa shape index (κ1) is 11.3. The van der Waals surface area contributed by atoms with Crippen molar-refractivity contribution in [2.75, 3.05) is 0 Å². The predicted molar refractivity (Wildman–Crippen MR) is 57.8 cm³/mol. The first-order chi connectivity index (χ1) is 6.49. The van der Waals surface area contributed by atoms with Gasteiger partial charge in [0.2, 0.25) is 0 Å². The summed E-state index contributed by atoms with van der Waals surface area (Å²) in [5.41, 5.74) is 2.13. The highest BCUT2D eigenvalue weighted by molar-refractivity contribution is 6.32. The van der Waals surface area contributed by atoms with Gasteiger partial charge < -0.3 is 10.2 Å². The van der Waals surface area contributed by atoms with Crippen molar-refractivity contribution in [2.45, 2.75) is 33.3 Å². The SMILES string of the molecule is CCC(O)c1c(O)cc(C)c(Cl)c1C. The Kier molecular flexibility index (Phi) is 3.40. The molecule has 1 unspecified atom stereocenters. The van der Waals surface area contributed by atoms with Crippen molar-refractivity contribution >= 4 is 11.6 Å². The molecular weight excluding hydrogens is 200 g/mol. The van der Waals surface area contributed by atoms with Gasteiger partial charge in [-0.3, -0.25) is 0 Å². The molecule has 0 radical (unpaired) electrons. The summed E-state index contributed by atoms with van der Waals surface area (Å²) in [7, 11) is 0. The molecular formula is C11H15ClO2. The lowest BCUT2D eigenvalue weighted by molar-refractivity contribution is 0.169. The van der Waals surface area contributed by atoms with Crippen LogP contribution in [0.5, 0.6) is 5.75 Å². The van der Waals surface area contributed by atoms with Gasteiger partial charge >= 0.3 is 0 Å². The fourth-order valence-corrected chi connectivity index (χ4v) is 1.73. The van der Waals surface area contributed by atoms with Gasteiger partial charge in [-0.25, -0.2) is 0 Å². The van der Waals surface area contributed by atoms with Crippen molar-refractivity contribution in [1.82, 2.24) is 0 Å². The number of aliphatic hydroxyl groups excluding tert-OH is 1. The van der Waals surface area contributed by atoms with Gasteiger partial charge in [0, 0.05) is 10.6 Å². The van der Waals surface area contributed by atoms with E-state index in [1.165, 1.54) is 0 Å². The molecule has 0 amide bonds. The lowest BCUT2D eigenvalue weighted by Crippen LogP contribution is -2.00. The highest BCUT2D eigenvalue weighted by Gasteiger charge is 2.16. The summed E-state index contributed by atoms with van der Waals surface area (Å²) >= 11 is 6.03. The first-order valence-electron chi connectivity index (χ1n) is 4.65. The Balaban J connectivity index is 3.36. The van der Waals surface area contributed by atoms with Gasteiger partial charge in [-0.15, -0.1) is 0 Å². The maximum atomic E-state index is 9.69. The third-order valence-electron chi connectivity index (χ3n) is 2.43. The van der Waals surface area contributed by atoms with Crippen LogP contribution >= 0.6 is 11.6 Å². The van der Waals surface area contributed by atoms with E-state index in [1.54, 1.807) is 6.07 Å². The molecule has 78 valence electrons. The second-order valence-corrected chi connectivity index (χ2v) is 3.87. The van der Waals surface area contributed by atoms with Crippen LogP contribution in [0.15, 0.2) is 6.07 Å². The zero-order chi connectivity index (χ0) is 10.9. The zero-order valence-corrected chi connectivity index (χ0v) is 9.39. The van der Waals surface area contributed by atoms with E-state index < -0.39 is 6.10 Å². The average molecular weight is 215 g/mol. The number of hydrogen-bond donors (Lipinski definition) is 2. The van der Waals surface area contributed by atoms with Gasteiger partial charge in [0.05, 0.1) is 6.10 Å². The minimum absolute atomic E-state index is 0.124. The summed E-state index contributed by atoms with van der Waals surface area (Å²) in [5.74, 6) is 0.124. The third-order valence-corrected chi connectivity index (χ3v) is 3.01. The molecule has 0 aromatic heterocycles. The average Bonchev–Trinajstić information content (AvgIpc) is 2.14. The monoisotopic (exact) mass is 214 g/mol. The minimum atomic E-state index is -0.645. The molecule has 0 spiro atoms. The fraction of sp³-hybridized carbons (Fsp3) is 0.455. The molecule has 1 rings (SSSR count). The summed E-state index contributed by atoms with van der Waals surface area (Å²) in [6, 6.07) is 1.59. The van der Waals surface area contributed by atoms with E-state index in [4.69, 9.17) is 11.6 Å². The molecule has 2 N–H and O–H groups in total. The van der Waals surface area contributed by atoms with Crippen LogP contribution in [-0.2, 0) is 0 Å². The number of aromatic hydroxyl groups is 1. The van der Waals surface area contributed by atoms with E-state index in [0.29, 0.717) is 17.0 Å². The zero-order valence-electron chi connectivity index (χ0n) is 8.63. The molecule has 2 nitrogen and oxygen atoms in total. The van der Waals surface area contributed by atoms with E-state index >= 15 is 0 Å². The van der Waals surface area contributed by atoms with Crippen molar-refractivity contribution in [2.24, 2.45) is 0 Å². The van der Waals surface area contributed by atoms with E-state index in [9.17, 15) is 10.2 Å². The van der Waals surface area contributed by atoms with Crippen LogP contribution < -0.4 is 0 Å². The van der Waals surface area contributed by atoms with E-state index in [1.807, 2.05) is 20.8 Å². The summed E-state index contributed by atoms with van der Waals surface area (Å²) in [4.78, 5) is 0. The number of rotatable bonds is 2. The van der Waals surface area contributed by atoms with Gasteiger partial charge in [0.25, 0.3) is 0 Å². The first-order valence-corrected chi connectivity index (χ1v) is 5.03. The molecule has 0 aliphatic heterocycles. The van der Waals surface area contributed by atoms with Crippen LogP contribution in [0.25, 0.3) is 0 Å². The topological polar surface area (TPSA) is 40.5 Å². The maximum Gasteiger partial charge on any atom is 0.122 e. The lowest BCUT2D eigenvalue weighted by Gasteiger charge is -2.16. The molecule has 0 heterocycles. The van der Waals surface area contributed by atoms with Gasteiger partial charge in [0.15, 0.2) is 0 Å². The number of aliphatic hydroxyl groups is 1. The number of aryl methyl sites for hydroxylation is 1. The second-order valence-electron chi connectivity index (χ2n) is 3.49. The minimum Gasteiger partial charge on any atom is -0.508 e. The third kappa shape index (κ3) is 1.86. The van der Waals surface area contributed by atoms with E-state index in [2.05, 4.69) is 0 Å². The van der Waals surface area contributed by atoms with Gasteiger partial charge in [-0.2, -0.15) is 0 Å². The predicted octanol–water partition coefficient (Wildman–Crippen LogP) is 3.11. The normalized spacial score (nSPS) is 12.9. The molecule has 1 atom stereocenters. The summed E-state index contributed by atoms with van der Waals surface area (Å²) in [6.45, 7) is 5.50. The molecule has 1 aromatic carbocycles.